The maximum atomic E-state index is 12.3. The Bertz CT molecular complexity index is 673. The molecule has 0 aliphatic rings. The molecule has 7 heteroatoms. The summed E-state index contributed by atoms with van der Waals surface area (Å²) in [5, 5.41) is 4.71. The molecular formula is C16H17F2NO3S. The molecule has 1 heterocycles. The molecule has 4 nitrogen and oxygen atoms in total. The normalized spacial score (nSPS) is 10.7. The summed E-state index contributed by atoms with van der Waals surface area (Å²) >= 11 is 1.40. The number of ether oxygens (including phenoxy) is 2. The lowest BCUT2D eigenvalue weighted by atomic mass is 10.1. The van der Waals surface area contributed by atoms with Crippen molar-refractivity contribution < 1.29 is 23.0 Å². The third kappa shape index (κ3) is 4.66. The molecule has 23 heavy (non-hydrogen) atoms. The molecule has 0 bridgehead atoms. The number of carbonyl (C=O) groups excluding carboxylic acids is 1. The fraction of sp³-hybridized carbons (Fsp3) is 0.312. The number of amides is 1. The third-order valence-corrected chi connectivity index (χ3v) is 4.23. The topological polar surface area (TPSA) is 47.6 Å². The fourth-order valence-corrected chi connectivity index (χ4v) is 2.91. The lowest BCUT2D eigenvalue weighted by Crippen LogP contribution is -2.25. The predicted octanol–water partition coefficient (Wildman–Crippen LogP) is 3.64. The molecule has 0 atom stereocenters. The highest BCUT2D eigenvalue weighted by Crippen LogP contribution is 2.29. The van der Waals surface area contributed by atoms with Gasteiger partial charge in [-0.25, -0.2) is 0 Å². The standard InChI is InChI=1S/C16H17F2NO3S/c1-10-6-8-23-14(10)15(20)19-7-5-11-3-4-12(22-16(17)18)13(9-11)21-2/h3-4,6,8-9,16H,5,7H2,1-2H3,(H,19,20). The molecule has 1 amide bonds. The molecule has 2 rings (SSSR count). The Labute approximate surface area is 137 Å². The fourth-order valence-electron chi connectivity index (χ4n) is 2.07. The first-order chi connectivity index (χ1) is 11.0. The minimum Gasteiger partial charge on any atom is -0.493 e. The van der Waals surface area contributed by atoms with E-state index in [-0.39, 0.29) is 17.4 Å². The molecule has 1 N–H and O–H groups in total. The van der Waals surface area contributed by atoms with Crippen molar-refractivity contribution in [1.82, 2.24) is 5.32 Å². The Morgan fingerprint density at radius 2 is 2.09 bits per heavy atom. The van der Waals surface area contributed by atoms with E-state index in [4.69, 9.17) is 4.74 Å². The van der Waals surface area contributed by atoms with Crippen LogP contribution in [0.4, 0.5) is 8.78 Å². The Morgan fingerprint density at radius 1 is 1.30 bits per heavy atom. The molecule has 1 aromatic heterocycles. The minimum atomic E-state index is -2.90. The van der Waals surface area contributed by atoms with Crippen molar-refractivity contribution in [2.45, 2.75) is 20.0 Å². The lowest BCUT2D eigenvalue weighted by Gasteiger charge is -2.11. The van der Waals surface area contributed by atoms with E-state index in [1.165, 1.54) is 24.5 Å². The molecule has 0 unspecified atom stereocenters. The van der Waals surface area contributed by atoms with Crippen LogP contribution in [-0.4, -0.2) is 26.2 Å². The predicted molar refractivity (Wildman–Crippen MR) is 84.7 cm³/mol. The average molecular weight is 341 g/mol. The number of nitrogens with one attached hydrogen (secondary N) is 1. The molecular weight excluding hydrogens is 324 g/mol. The average Bonchev–Trinajstić information content (AvgIpc) is 2.94. The van der Waals surface area contributed by atoms with Crippen molar-refractivity contribution in [3.05, 3.63) is 45.6 Å². The van der Waals surface area contributed by atoms with E-state index in [1.807, 2.05) is 18.4 Å². The number of rotatable bonds is 7. The summed E-state index contributed by atoms with van der Waals surface area (Å²) in [4.78, 5) is 12.7. The molecule has 0 aliphatic carbocycles. The van der Waals surface area contributed by atoms with Crippen LogP contribution in [0.25, 0.3) is 0 Å². The molecule has 0 spiro atoms. The van der Waals surface area contributed by atoms with E-state index in [2.05, 4.69) is 10.1 Å². The number of benzene rings is 1. The van der Waals surface area contributed by atoms with Gasteiger partial charge in [0, 0.05) is 6.54 Å². The smallest absolute Gasteiger partial charge is 0.387 e. The van der Waals surface area contributed by atoms with Crippen LogP contribution in [0.5, 0.6) is 11.5 Å². The summed E-state index contributed by atoms with van der Waals surface area (Å²) in [6.45, 7) is -0.574. The second kappa shape index (κ2) is 7.92. The number of methoxy groups -OCH3 is 1. The van der Waals surface area contributed by atoms with Crippen LogP contribution in [0.2, 0.25) is 0 Å². The van der Waals surface area contributed by atoms with Gasteiger partial charge in [-0.2, -0.15) is 8.78 Å². The van der Waals surface area contributed by atoms with Gasteiger partial charge in [0.25, 0.3) is 5.91 Å². The number of hydrogen-bond acceptors (Lipinski definition) is 4. The van der Waals surface area contributed by atoms with Crippen LogP contribution in [0.1, 0.15) is 20.8 Å². The molecule has 2 aromatic rings. The van der Waals surface area contributed by atoms with E-state index in [1.54, 1.807) is 12.1 Å². The highest BCUT2D eigenvalue weighted by atomic mass is 32.1. The first kappa shape index (κ1) is 17.2. The van der Waals surface area contributed by atoms with Crippen LogP contribution in [0, 0.1) is 6.92 Å². The van der Waals surface area contributed by atoms with Crippen molar-refractivity contribution >= 4 is 17.2 Å². The highest BCUT2D eigenvalue weighted by Gasteiger charge is 2.12. The zero-order valence-corrected chi connectivity index (χ0v) is 13.6. The van der Waals surface area contributed by atoms with Gasteiger partial charge in [-0.05, 0) is 48.1 Å². The maximum absolute atomic E-state index is 12.3. The van der Waals surface area contributed by atoms with Gasteiger partial charge in [-0.1, -0.05) is 6.07 Å². The summed E-state index contributed by atoms with van der Waals surface area (Å²) in [6.07, 6.45) is 0.557. The van der Waals surface area contributed by atoms with Crippen molar-refractivity contribution in [3.63, 3.8) is 0 Å². The van der Waals surface area contributed by atoms with Gasteiger partial charge < -0.3 is 14.8 Å². The van der Waals surface area contributed by atoms with E-state index in [0.717, 1.165) is 11.1 Å². The van der Waals surface area contributed by atoms with Crippen LogP contribution in [0.15, 0.2) is 29.6 Å². The first-order valence-electron chi connectivity index (χ1n) is 6.95. The molecule has 0 radical (unpaired) electrons. The van der Waals surface area contributed by atoms with E-state index >= 15 is 0 Å². The van der Waals surface area contributed by atoms with Crippen molar-refractivity contribution in [3.8, 4) is 11.5 Å². The maximum Gasteiger partial charge on any atom is 0.387 e. The van der Waals surface area contributed by atoms with Crippen molar-refractivity contribution in [2.75, 3.05) is 13.7 Å². The molecule has 0 saturated carbocycles. The van der Waals surface area contributed by atoms with Crippen LogP contribution in [-0.2, 0) is 6.42 Å². The summed E-state index contributed by atoms with van der Waals surface area (Å²) in [7, 11) is 1.39. The number of alkyl halides is 2. The number of aryl methyl sites for hydroxylation is 1. The van der Waals surface area contributed by atoms with Crippen molar-refractivity contribution in [2.24, 2.45) is 0 Å². The van der Waals surface area contributed by atoms with Crippen molar-refractivity contribution in [1.29, 1.82) is 0 Å². The van der Waals surface area contributed by atoms with Gasteiger partial charge in [-0.3, -0.25) is 4.79 Å². The summed E-state index contributed by atoms with van der Waals surface area (Å²) in [6, 6.07) is 6.63. The van der Waals surface area contributed by atoms with E-state index < -0.39 is 6.61 Å². The number of carbonyl (C=O) groups is 1. The summed E-state index contributed by atoms with van der Waals surface area (Å²) in [5.41, 5.74) is 1.80. The van der Waals surface area contributed by atoms with Gasteiger partial charge in [0.05, 0.1) is 12.0 Å². The number of halogens is 2. The van der Waals surface area contributed by atoms with Crippen LogP contribution >= 0.6 is 11.3 Å². The third-order valence-electron chi connectivity index (χ3n) is 3.21. The second-order valence-electron chi connectivity index (χ2n) is 4.80. The number of hydrogen-bond donors (Lipinski definition) is 1. The van der Waals surface area contributed by atoms with Gasteiger partial charge in [0.1, 0.15) is 0 Å². The quantitative estimate of drug-likeness (QED) is 0.836. The summed E-state index contributed by atoms with van der Waals surface area (Å²) < 4.78 is 34.0. The van der Waals surface area contributed by atoms with Gasteiger partial charge in [0.15, 0.2) is 11.5 Å². The van der Waals surface area contributed by atoms with Crippen LogP contribution in [0.3, 0.4) is 0 Å². The largest absolute Gasteiger partial charge is 0.493 e. The molecule has 0 aliphatic heterocycles. The molecule has 124 valence electrons. The van der Waals surface area contributed by atoms with Gasteiger partial charge in [-0.15, -0.1) is 11.3 Å². The Balaban J connectivity index is 1.93. The lowest BCUT2D eigenvalue weighted by molar-refractivity contribution is -0.0512. The monoisotopic (exact) mass is 341 g/mol. The second-order valence-corrected chi connectivity index (χ2v) is 5.72. The summed E-state index contributed by atoms with van der Waals surface area (Å²) in [5.74, 6) is 0.120. The Hall–Kier alpha value is -2.15. The Morgan fingerprint density at radius 3 is 2.70 bits per heavy atom. The molecule has 0 saturated heterocycles. The Kier molecular flexibility index (Phi) is 5.92. The molecule has 1 aromatic carbocycles. The number of thiophene rings is 1. The van der Waals surface area contributed by atoms with Crippen LogP contribution < -0.4 is 14.8 Å². The zero-order valence-electron chi connectivity index (χ0n) is 12.8. The van der Waals surface area contributed by atoms with E-state index in [9.17, 15) is 13.6 Å². The zero-order chi connectivity index (χ0) is 16.8. The minimum absolute atomic E-state index is 0.00973. The highest BCUT2D eigenvalue weighted by molar-refractivity contribution is 7.12. The van der Waals surface area contributed by atoms with Gasteiger partial charge in [0.2, 0.25) is 0 Å². The molecule has 0 fully saturated rings. The van der Waals surface area contributed by atoms with E-state index in [0.29, 0.717) is 17.8 Å². The SMILES string of the molecule is COc1cc(CCNC(=O)c2sccc2C)ccc1OC(F)F. The first-order valence-corrected chi connectivity index (χ1v) is 7.83. The van der Waals surface area contributed by atoms with Gasteiger partial charge >= 0.3 is 6.61 Å².